The van der Waals surface area contributed by atoms with Crippen LogP contribution in [0.1, 0.15) is 24.8 Å². The lowest BCUT2D eigenvalue weighted by atomic mass is 9.67. The molecule has 2 aromatic rings. The highest BCUT2D eigenvalue weighted by atomic mass is 35.5. The third kappa shape index (κ3) is 2.66. The number of amidine groups is 1. The maximum Gasteiger partial charge on any atom is 0.283 e. The fourth-order valence-corrected chi connectivity index (χ4v) is 4.79. The van der Waals surface area contributed by atoms with Gasteiger partial charge in [0, 0.05) is 29.4 Å². The number of hydrogen-bond donors (Lipinski definition) is 2. The van der Waals surface area contributed by atoms with Crippen molar-refractivity contribution in [1.82, 2.24) is 4.98 Å². The largest absolute Gasteiger partial charge is 0.490 e. The van der Waals surface area contributed by atoms with Crippen LogP contribution in [0, 0.1) is 5.92 Å². The van der Waals surface area contributed by atoms with Gasteiger partial charge in [-0.25, -0.2) is 4.99 Å². The Morgan fingerprint density at radius 3 is 2.85 bits per heavy atom. The molecule has 2 aliphatic heterocycles. The van der Waals surface area contributed by atoms with Crippen molar-refractivity contribution in [3.63, 3.8) is 0 Å². The lowest BCUT2D eigenvalue weighted by Gasteiger charge is -2.47. The van der Waals surface area contributed by atoms with E-state index in [4.69, 9.17) is 31.8 Å². The van der Waals surface area contributed by atoms with Crippen LogP contribution in [-0.2, 0) is 10.3 Å². The minimum absolute atomic E-state index is 0.00200. The number of aliphatic imine (C=N–C) groups is 1. The van der Waals surface area contributed by atoms with Gasteiger partial charge in [-0.15, -0.1) is 0 Å². The maximum absolute atomic E-state index is 10.3. The number of aromatic nitrogens is 1. The van der Waals surface area contributed by atoms with E-state index in [2.05, 4.69) is 11.1 Å². The zero-order valence-corrected chi connectivity index (χ0v) is 15.4. The summed E-state index contributed by atoms with van der Waals surface area (Å²) in [6, 6.07) is 8.10. The van der Waals surface area contributed by atoms with Gasteiger partial charge in [-0.2, -0.15) is 0 Å². The fraction of sp³-hybridized carbons (Fsp3) is 0.400. The number of nitrogens with two attached hydrogens (primary N) is 1. The Morgan fingerprint density at radius 2 is 2.07 bits per heavy atom. The average Bonchev–Trinajstić information content (AvgIpc) is 3.05. The molecule has 1 aromatic carbocycles. The van der Waals surface area contributed by atoms with Crippen molar-refractivity contribution in [2.75, 3.05) is 6.61 Å². The van der Waals surface area contributed by atoms with Crippen LogP contribution < -0.4 is 10.5 Å². The summed E-state index contributed by atoms with van der Waals surface area (Å²) in [5.41, 5.74) is 8.12. The molecule has 3 heterocycles. The van der Waals surface area contributed by atoms with Gasteiger partial charge >= 0.3 is 0 Å². The van der Waals surface area contributed by atoms with Crippen LogP contribution >= 0.6 is 11.6 Å². The Kier molecular flexibility index (Phi) is 3.81. The molecular weight excluding hydrogens is 366 g/mol. The summed E-state index contributed by atoms with van der Waals surface area (Å²) in [6.07, 6.45) is 5.18. The number of aliphatic hydroxyl groups is 1. The standard InChI is InChI=1S/C20H20ClN3O3/c21-13-5-12(8-23-9-13)11-1-3-17-15(6-11)20(10-26-19(22)24-20)16-7-14(25)2-4-18(16)27-17/h1,3,5-6,8-9,14,16,18,25H,2,4,7,10H2,(H2,22,24)/t14-,16-,18-,20-/m1/s1. The van der Waals surface area contributed by atoms with Crippen LogP contribution in [0.25, 0.3) is 11.1 Å². The van der Waals surface area contributed by atoms with Crippen molar-refractivity contribution in [3.05, 3.63) is 47.2 Å². The van der Waals surface area contributed by atoms with Crippen LogP contribution in [0.2, 0.25) is 5.02 Å². The molecule has 27 heavy (non-hydrogen) atoms. The predicted octanol–water partition coefficient (Wildman–Crippen LogP) is 2.86. The van der Waals surface area contributed by atoms with Gasteiger partial charge in [-0.05, 0) is 43.0 Å². The first-order chi connectivity index (χ1) is 13.0. The number of ether oxygens (including phenoxy) is 2. The fourth-order valence-electron chi connectivity index (χ4n) is 4.62. The maximum atomic E-state index is 10.3. The van der Waals surface area contributed by atoms with E-state index in [9.17, 15) is 5.11 Å². The van der Waals surface area contributed by atoms with Gasteiger partial charge in [0.25, 0.3) is 6.02 Å². The molecule has 1 aromatic heterocycles. The number of aliphatic hydroxyl groups excluding tert-OH is 1. The first-order valence-corrected chi connectivity index (χ1v) is 9.51. The van der Waals surface area contributed by atoms with E-state index in [1.165, 1.54) is 0 Å². The van der Waals surface area contributed by atoms with Crippen molar-refractivity contribution in [2.45, 2.75) is 37.0 Å². The second-order valence-corrected chi connectivity index (χ2v) is 7.93. The number of hydrogen-bond acceptors (Lipinski definition) is 6. The van der Waals surface area contributed by atoms with Gasteiger partial charge < -0.3 is 20.3 Å². The van der Waals surface area contributed by atoms with Crippen LogP contribution in [-0.4, -0.2) is 34.9 Å². The molecule has 1 aliphatic carbocycles. The highest BCUT2D eigenvalue weighted by molar-refractivity contribution is 6.30. The highest BCUT2D eigenvalue weighted by Crippen LogP contribution is 2.53. The molecular formula is C20H20ClN3O3. The van der Waals surface area contributed by atoms with Crippen LogP contribution in [0.15, 0.2) is 41.7 Å². The minimum atomic E-state index is -0.633. The summed E-state index contributed by atoms with van der Waals surface area (Å²) >= 11 is 6.11. The number of rotatable bonds is 1. The number of benzene rings is 1. The molecule has 6 nitrogen and oxygen atoms in total. The Balaban J connectivity index is 1.66. The first kappa shape index (κ1) is 16.8. The molecule has 5 rings (SSSR count). The van der Waals surface area contributed by atoms with Crippen molar-refractivity contribution >= 4 is 17.6 Å². The van der Waals surface area contributed by atoms with E-state index < -0.39 is 5.54 Å². The number of nitrogens with zero attached hydrogens (tertiary/aromatic N) is 2. The number of halogens is 1. The monoisotopic (exact) mass is 385 g/mol. The molecule has 3 N–H and O–H groups in total. The van der Waals surface area contributed by atoms with Crippen LogP contribution in [0.5, 0.6) is 5.75 Å². The number of fused-ring (bicyclic) bond motifs is 4. The summed E-state index contributed by atoms with van der Waals surface area (Å²) in [5.74, 6) is 0.816. The van der Waals surface area contributed by atoms with Crippen molar-refractivity contribution in [3.8, 4) is 16.9 Å². The van der Waals surface area contributed by atoms with E-state index in [-0.39, 0.29) is 24.1 Å². The third-order valence-electron chi connectivity index (χ3n) is 5.88. The molecule has 1 saturated carbocycles. The van der Waals surface area contributed by atoms with Crippen molar-refractivity contribution < 1.29 is 14.6 Å². The van der Waals surface area contributed by atoms with Crippen LogP contribution in [0.3, 0.4) is 0 Å². The van der Waals surface area contributed by atoms with Crippen molar-refractivity contribution in [2.24, 2.45) is 16.6 Å². The molecule has 0 saturated heterocycles. The minimum Gasteiger partial charge on any atom is -0.490 e. The summed E-state index contributed by atoms with van der Waals surface area (Å²) < 4.78 is 11.9. The Labute approximate surface area is 162 Å². The lowest BCUT2D eigenvalue weighted by molar-refractivity contribution is -0.0359. The summed E-state index contributed by atoms with van der Waals surface area (Å²) in [4.78, 5) is 8.91. The second-order valence-electron chi connectivity index (χ2n) is 7.50. The van der Waals surface area contributed by atoms with E-state index in [1.54, 1.807) is 12.4 Å². The van der Waals surface area contributed by atoms with Gasteiger partial charge in [0.2, 0.25) is 0 Å². The number of pyridine rings is 1. The molecule has 140 valence electrons. The SMILES string of the molecule is NC1=N[C@]2(CO1)c1cc(-c3cncc(Cl)c3)ccc1O[C@@H]1CC[C@@H](O)C[C@H]12. The van der Waals surface area contributed by atoms with E-state index in [0.717, 1.165) is 35.3 Å². The van der Waals surface area contributed by atoms with Gasteiger partial charge in [0.05, 0.1) is 11.1 Å². The quantitative estimate of drug-likeness (QED) is 0.787. The summed E-state index contributed by atoms with van der Waals surface area (Å²) in [7, 11) is 0. The van der Waals surface area contributed by atoms with E-state index in [1.807, 2.05) is 18.2 Å². The highest BCUT2D eigenvalue weighted by Gasteiger charge is 2.55. The smallest absolute Gasteiger partial charge is 0.283 e. The van der Waals surface area contributed by atoms with E-state index in [0.29, 0.717) is 18.1 Å². The Hall–Kier alpha value is -2.31. The lowest BCUT2D eigenvalue weighted by Crippen LogP contribution is -2.51. The first-order valence-electron chi connectivity index (χ1n) is 9.13. The molecule has 0 radical (unpaired) electrons. The third-order valence-corrected chi connectivity index (χ3v) is 6.09. The molecule has 0 bridgehead atoms. The normalized spacial score (nSPS) is 31.5. The predicted molar refractivity (Wildman–Crippen MR) is 102 cm³/mol. The Bertz CT molecular complexity index is 934. The zero-order chi connectivity index (χ0) is 18.6. The van der Waals surface area contributed by atoms with Gasteiger partial charge in [-0.1, -0.05) is 17.7 Å². The molecule has 1 spiro atoms. The summed E-state index contributed by atoms with van der Waals surface area (Å²) in [6.45, 7) is 0.361. The molecule has 3 aliphatic rings. The molecule has 1 fully saturated rings. The van der Waals surface area contributed by atoms with Gasteiger partial charge in [0.1, 0.15) is 24.0 Å². The topological polar surface area (TPSA) is 90.0 Å². The Morgan fingerprint density at radius 1 is 1.19 bits per heavy atom. The molecule has 0 unspecified atom stereocenters. The zero-order valence-electron chi connectivity index (χ0n) is 14.6. The molecule has 0 amide bonds. The summed E-state index contributed by atoms with van der Waals surface area (Å²) in [5, 5.41) is 10.9. The van der Waals surface area contributed by atoms with Crippen molar-refractivity contribution in [1.29, 1.82) is 0 Å². The molecule has 7 heteroatoms. The second kappa shape index (κ2) is 6.11. The molecule has 4 atom stereocenters. The van der Waals surface area contributed by atoms with Gasteiger partial charge in [-0.3, -0.25) is 4.98 Å². The average molecular weight is 386 g/mol. The van der Waals surface area contributed by atoms with E-state index >= 15 is 0 Å². The van der Waals surface area contributed by atoms with Gasteiger partial charge in [0.15, 0.2) is 0 Å². The van der Waals surface area contributed by atoms with Crippen LogP contribution in [0.4, 0.5) is 0 Å².